The summed E-state index contributed by atoms with van der Waals surface area (Å²) in [5, 5.41) is 15.4. The number of nitrogens with one attached hydrogen (secondary N) is 2. The molecule has 0 aromatic heterocycles. The monoisotopic (exact) mass is 360 g/mol. The zero-order valence-corrected chi connectivity index (χ0v) is 15.5. The van der Waals surface area contributed by atoms with Crippen molar-refractivity contribution in [3.63, 3.8) is 0 Å². The molecule has 0 aliphatic carbocycles. The fourth-order valence-corrected chi connectivity index (χ4v) is 2.38. The Bertz CT molecular complexity index is 785. The lowest BCUT2D eigenvalue weighted by molar-refractivity contribution is 0.0635. The average molecular weight is 360 g/mol. The van der Waals surface area contributed by atoms with E-state index in [-0.39, 0.29) is 18.0 Å². The first-order valence-electron chi connectivity index (χ1n) is 8.42. The smallest absolute Gasteiger partial charge is 0.412 e. The van der Waals surface area contributed by atoms with E-state index >= 15 is 0 Å². The number of anilines is 1. The molecule has 0 aliphatic rings. The van der Waals surface area contributed by atoms with Crippen LogP contribution in [0.1, 0.15) is 37.5 Å². The van der Waals surface area contributed by atoms with Gasteiger partial charge in [0.25, 0.3) is 0 Å². The molecule has 0 saturated heterocycles. The summed E-state index contributed by atoms with van der Waals surface area (Å²) in [5.74, 6) is -0.308. The number of carbonyl (C=O) groups excluding carboxylic acids is 1. The normalized spacial score (nSPS) is 11.3. The minimum atomic E-state index is -0.703. The fraction of sp³-hybridized carbons (Fsp3) is 0.350. The van der Waals surface area contributed by atoms with Crippen LogP contribution in [0.25, 0.3) is 0 Å². The number of rotatable bonds is 5. The standard InChI is InChI=1S/C20H25FN2O3/c1-13-8-9-14(17(24)10-13)11-22-12-15-6-5-7-16(18(15)21)23-19(25)26-20(2,3)4/h5-10,22,24H,11-12H2,1-4H3,(H,23,25). The Balaban J connectivity index is 1.99. The SMILES string of the molecule is Cc1ccc(CNCc2cccc(NC(=O)OC(C)(C)C)c2F)c(O)c1. The third-order valence-corrected chi connectivity index (χ3v) is 3.59. The number of carbonyl (C=O) groups is 1. The van der Waals surface area contributed by atoms with Crippen LogP contribution in [0.2, 0.25) is 0 Å². The molecule has 0 unspecified atom stereocenters. The van der Waals surface area contributed by atoms with Gasteiger partial charge >= 0.3 is 6.09 Å². The first-order chi connectivity index (χ1) is 12.2. The highest BCUT2D eigenvalue weighted by molar-refractivity contribution is 5.85. The number of phenolic OH excluding ortho intramolecular Hbond substituents is 1. The van der Waals surface area contributed by atoms with Crippen LogP contribution in [0.15, 0.2) is 36.4 Å². The lowest BCUT2D eigenvalue weighted by Gasteiger charge is -2.20. The highest BCUT2D eigenvalue weighted by Crippen LogP contribution is 2.21. The highest BCUT2D eigenvalue weighted by atomic mass is 19.1. The number of halogens is 1. The van der Waals surface area contributed by atoms with Gasteiger partial charge in [-0.1, -0.05) is 24.3 Å². The van der Waals surface area contributed by atoms with Crippen molar-refractivity contribution in [3.05, 3.63) is 58.9 Å². The summed E-state index contributed by atoms with van der Waals surface area (Å²) >= 11 is 0. The second-order valence-electron chi connectivity index (χ2n) is 7.14. The molecule has 140 valence electrons. The quantitative estimate of drug-likeness (QED) is 0.735. The molecule has 0 aliphatic heterocycles. The maximum absolute atomic E-state index is 14.6. The van der Waals surface area contributed by atoms with E-state index in [1.807, 2.05) is 19.1 Å². The van der Waals surface area contributed by atoms with E-state index in [2.05, 4.69) is 10.6 Å². The van der Waals surface area contributed by atoms with Crippen molar-refractivity contribution < 1.29 is 19.0 Å². The first kappa shape index (κ1) is 19.7. The van der Waals surface area contributed by atoms with E-state index in [4.69, 9.17) is 4.74 Å². The molecule has 0 spiro atoms. The van der Waals surface area contributed by atoms with E-state index in [0.29, 0.717) is 12.1 Å². The molecule has 2 aromatic carbocycles. The maximum atomic E-state index is 14.6. The highest BCUT2D eigenvalue weighted by Gasteiger charge is 2.18. The Morgan fingerprint density at radius 2 is 1.85 bits per heavy atom. The number of hydrogen-bond acceptors (Lipinski definition) is 4. The van der Waals surface area contributed by atoms with E-state index < -0.39 is 17.5 Å². The molecule has 2 aromatic rings. The van der Waals surface area contributed by atoms with Gasteiger partial charge in [-0.3, -0.25) is 5.32 Å². The van der Waals surface area contributed by atoms with Crippen LogP contribution in [0.5, 0.6) is 5.75 Å². The van der Waals surface area contributed by atoms with Crippen LogP contribution in [0, 0.1) is 12.7 Å². The van der Waals surface area contributed by atoms with E-state index in [0.717, 1.165) is 11.1 Å². The predicted octanol–water partition coefficient (Wildman–Crippen LogP) is 4.48. The summed E-state index contributed by atoms with van der Waals surface area (Å²) in [6.07, 6.45) is -0.703. The van der Waals surface area contributed by atoms with Gasteiger partial charge in [-0.05, 0) is 45.4 Å². The van der Waals surface area contributed by atoms with Gasteiger partial charge in [-0.25, -0.2) is 9.18 Å². The second-order valence-corrected chi connectivity index (χ2v) is 7.14. The van der Waals surface area contributed by atoms with Gasteiger partial charge in [-0.15, -0.1) is 0 Å². The summed E-state index contributed by atoms with van der Waals surface area (Å²) in [6.45, 7) is 7.77. The summed E-state index contributed by atoms with van der Waals surface area (Å²) < 4.78 is 19.7. The van der Waals surface area contributed by atoms with Crippen molar-refractivity contribution in [1.29, 1.82) is 0 Å². The van der Waals surface area contributed by atoms with Gasteiger partial charge in [0.15, 0.2) is 5.82 Å². The number of aryl methyl sites for hydroxylation is 1. The first-order valence-corrected chi connectivity index (χ1v) is 8.42. The Hall–Kier alpha value is -2.60. The van der Waals surface area contributed by atoms with Gasteiger partial charge < -0.3 is 15.2 Å². The van der Waals surface area contributed by atoms with Gasteiger partial charge in [0, 0.05) is 24.2 Å². The van der Waals surface area contributed by atoms with Crippen molar-refractivity contribution in [1.82, 2.24) is 5.32 Å². The lowest BCUT2D eigenvalue weighted by atomic mass is 10.1. The van der Waals surface area contributed by atoms with Crippen molar-refractivity contribution >= 4 is 11.8 Å². The van der Waals surface area contributed by atoms with Gasteiger partial charge in [0.05, 0.1) is 5.69 Å². The molecule has 0 heterocycles. The van der Waals surface area contributed by atoms with Crippen LogP contribution >= 0.6 is 0 Å². The minimum absolute atomic E-state index is 0.0664. The largest absolute Gasteiger partial charge is 0.508 e. The predicted molar refractivity (Wildman–Crippen MR) is 99.6 cm³/mol. The molecule has 6 heteroatoms. The Kier molecular flexibility index (Phi) is 6.21. The molecule has 26 heavy (non-hydrogen) atoms. The molecule has 5 nitrogen and oxygen atoms in total. The Morgan fingerprint density at radius 3 is 2.50 bits per heavy atom. The summed E-state index contributed by atoms with van der Waals surface area (Å²) in [6, 6.07) is 10.2. The zero-order valence-electron chi connectivity index (χ0n) is 15.5. The number of hydrogen-bond donors (Lipinski definition) is 3. The molecule has 0 saturated carbocycles. The number of phenols is 1. The molecule has 0 radical (unpaired) electrons. The molecular formula is C20H25FN2O3. The Morgan fingerprint density at radius 1 is 1.15 bits per heavy atom. The molecule has 3 N–H and O–H groups in total. The number of aromatic hydroxyl groups is 1. The van der Waals surface area contributed by atoms with Crippen LogP contribution in [-0.4, -0.2) is 16.8 Å². The summed E-state index contributed by atoms with van der Waals surface area (Å²) in [4.78, 5) is 11.8. The number of ether oxygens (including phenoxy) is 1. The average Bonchev–Trinajstić information content (AvgIpc) is 2.51. The molecule has 0 atom stereocenters. The Labute approximate surface area is 153 Å². The van der Waals surface area contributed by atoms with Crippen LogP contribution in [-0.2, 0) is 17.8 Å². The van der Waals surface area contributed by atoms with Crippen LogP contribution in [0.4, 0.5) is 14.9 Å². The van der Waals surface area contributed by atoms with Crippen LogP contribution < -0.4 is 10.6 Å². The van der Waals surface area contributed by atoms with Crippen molar-refractivity contribution in [2.24, 2.45) is 0 Å². The lowest BCUT2D eigenvalue weighted by Crippen LogP contribution is -2.27. The van der Waals surface area contributed by atoms with E-state index in [9.17, 15) is 14.3 Å². The summed E-state index contributed by atoms with van der Waals surface area (Å²) in [7, 11) is 0. The van der Waals surface area contributed by atoms with E-state index in [1.54, 1.807) is 39.0 Å². The number of amides is 1. The third kappa shape index (κ3) is 5.74. The van der Waals surface area contributed by atoms with Crippen molar-refractivity contribution in [3.8, 4) is 5.75 Å². The zero-order chi connectivity index (χ0) is 19.3. The minimum Gasteiger partial charge on any atom is -0.508 e. The second kappa shape index (κ2) is 8.19. The van der Waals surface area contributed by atoms with Gasteiger partial charge in [-0.2, -0.15) is 0 Å². The summed E-state index contributed by atoms with van der Waals surface area (Å²) in [5.41, 5.74) is 1.52. The third-order valence-electron chi connectivity index (χ3n) is 3.59. The van der Waals surface area contributed by atoms with Gasteiger partial charge in [0.1, 0.15) is 11.4 Å². The number of benzene rings is 2. The molecular weight excluding hydrogens is 335 g/mol. The molecule has 0 bridgehead atoms. The molecule has 1 amide bonds. The van der Waals surface area contributed by atoms with Crippen molar-refractivity contribution in [2.75, 3.05) is 5.32 Å². The fourth-order valence-electron chi connectivity index (χ4n) is 2.38. The van der Waals surface area contributed by atoms with Gasteiger partial charge in [0.2, 0.25) is 0 Å². The van der Waals surface area contributed by atoms with E-state index in [1.165, 1.54) is 6.07 Å². The topological polar surface area (TPSA) is 70.6 Å². The molecule has 0 fully saturated rings. The molecule has 2 rings (SSSR count). The van der Waals surface area contributed by atoms with Crippen molar-refractivity contribution in [2.45, 2.75) is 46.4 Å². The maximum Gasteiger partial charge on any atom is 0.412 e. The van der Waals surface area contributed by atoms with Crippen LogP contribution in [0.3, 0.4) is 0 Å².